The van der Waals surface area contributed by atoms with E-state index in [-0.39, 0.29) is 5.97 Å². The van der Waals surface area contributed by atoms with Crippen molar-refractivity contribution >= 4 is 28.4 Å². The molecule has 2 aromatic carbocycles. The van der Waals surface area contributed by atoms with Crippen LogP contribution in [0.1, 0.15) is 31.2 Å². The van der Waals surface area contributed by atoms with Gasteiger partial charge in [0.25, 0.3) is 0 Å². The molecule has 0 atom stereocenters. The van der Waals surface area contributed by atoms with Crippen LogP contribution >= 0.6 is 0 Å². The standard InChI is InChI=1S/C24H29N3O5/c1-5-31-22(28)10-7-13-32-21-14-18(11-12-20(21)30-4)27-24-23-17(15-29-3)8-6-9-19(23)25-16(2)26-24/h6,8-9,11-12,14H,5,7,10,13,15H2,1-4H3,(H,25,26,27). The lowest BCUT2D eigenvalue weighted by molar-refractivity contribution is -0.143. The van der Waals surface area contributed by atoms with Crippen LogP contribution in [-0.4, -0.2) is 43.4 Å². The zero-order chi connectivity index (χ0) is 22.9. The molecule has 0 radical (unpaired) electrons. The minimum Gasteiger partial charge on any atom is -0.493 e. The van der Waals surface area contributed by atoms with Crippen molar-refractivity contribution in [2.24, 2.45) is 0 Å². The molecule has 0 amide bonds. The van der Waals surface area contributed by atoms with E-state index in [0.29, 0.717) is 55.8 Å². The summed E-state index contributed by atoms with van der Waals surface area (Å²) in [5, 5.41) is 4.30. The molecule has 0 aliphatic rings. The van der Waals surface area contributed by atoms with Gasteiger partial charge in [-0.05, 0) is 44.0 Å². The number of carbonyl (C=O) groups excluding carboxylic acids is 1. The predicted molar refractivity (Wildman–Crippen MR) is 123 cm³/mol. The molecule has 0 aliphatic heterocycles. The molecule has 0 spiro atoms. The van der Waals surface area contributed by atoms with E-state index in [2.05, 4.69) is 15.3 Å². The van der Waals surface area contributed by atoms with Gasteiger partial charge in [0.05, 0.1) is 32.4 Å². The van der Waals surface area contributed by atoms with Gasteiger partial charge in [0.1, 0.15) is 11.6 Å². The van der Waals surface area contributed by atoms with Crippen LogP contribution in [0.25, 0.3) is 10.9 Å². The molecule has 3 aromatic rings. The summed E-state index contributed by atoms with van der Waals surface area (Å²) >= 11 is 0. The number of ether oxygens (including phenoxy) is 4. The minimum atomic E-state index is -0.226. The Morgan fingerprint density at radius 1 is 1.09 bits per heavy atom. The molecule has 32 heavy (non-hydrogen) atoms. The Balaban J connectivity index is 1.82. The number of carbonyl (C=O) groups is 1. The smallest absolute Gasteiger partial charge is 0.305 e. The number of rotatable bonds is 11. The number of hydrogen-bond donors (Lipinski definition) is 1. The van der Waals surface area contributed by atoms with Crippen molar-refractivity contribution in [2.45, 2.75) is 33.3 Å². The Kier molecular flexibility index (Phi) is 8.21. The van der Waals surface area contributed by atoms with Crippen molar-refractivity contribution in [1.29, 1.82) is 0 Å². The second-order valence-corrected chi connectivity index (χ2v) is 7.11. The van der Waals surface area contributed by atoms with Crippen LogP contribution in [0.5, 0.6) is 11.5 Å². The molecule has 0 saturated heterocycles. The van der Waals surface area contributed by atoms with Crippen LogP contribution < -0.4 is 14.8 Å². The van der Waals surface area contributed by atoms with Crippen molar-refractivity contribution in [3.63, 3.8) is 0 Å². The van der Waals surface area contributed by atoms with Crippen LogP contribution in [0.4, 0.5) is 11.5 Å². The van der Waals surface area contributed by atoms with Crippen molar-refractivity contribution in [1.82, 2.24) is 9.97 Å². The van der Waals surface area contributed by atoms with E-state index in [4.69, 9.17) is 18.9 Å². The highest BCUT2D eigenvalue weighted by atomic mass is 16.5. The number of aromatic nitrogens is 2. The van der Waals surface area contributed by atoms with E-state index in [0.717, 1.165) is 22.2 Å². The third-order valence-electron chi connectivity index (χ3n) is 4.74. The summed E-state index contributed by atoms with van der Waals surface area (Å²) in [5.74, 6) is 2.32. The topological polar surface area (TPSA) is 91.8 Å². The van der Waals surface area contributed by atoms with Crippen LogP contribution in [-0.2, 0) is 20.9 Å². The highest BCUT2D eigenvalue weighted by Crippen LogP contribution is 2.33. The molecule has 0 bridgehead atoms. The number of aryl methyl sites for hydroxylation is 1. The summed E-state index contributed by atoms with van der Waals surface area (Å²) in [5.41, 5.74) is 2.63. The Morgan fingerprint density at radius 3 is 2.69 bits per heavy atom. The summed E-state index contributed by atoms with van der Waals surface area (Å²) in [7, 11) is 3.25. The summed E-state index contributed by atoms with van der Waals surface area (Å²) in [6.07, 6.45) is 0.859. The lowest BCUT2D eigenvalue weighted by Crippen LogP contribution is -2.07. The predicted octanol–water partition coefficient (Wildman–Crippen LogP) is 4.56. The van der Waals surface area contributed by atoms with Gasteiger partial charge in [-0.1, -0.05) is 12.1 Å². The Labute approximate surface area is 187 Å². The summed E-state index contributed by atoms with van der Waals surface area (Å²) in [4.78, 5) is 20.7. The molecule has 0 saturated carbocycles. The highest BCUT2D eigenvalue weighted by molar-refractivity contribution is 5.93. The summed E-state index contributed by atoms with van der Waals surface area (Å²) < 4.78 is 21.6. The Hall–Kier alpha value is -3.39. The minimum absolute atomic E-state index is 0.226. The van der Waals surface area contributed by atoms with E-state index in [1.165, 1.54) is 0 Å². The summed E-state index contributed by atoms with van der Waals surface area (Å²) in [6.45, 7) is 4.85. The van der Waals surface area contributed by atoms with E-state index in [1.54, 1.807) is 21.1 Å². The molecule has 3 rings (SSSR count). The Morgan fingerprint density at radius 2 is 1.94 bits per heavy atom. The lowest BCUT2D eigenvalue weighted by Gasteiger charge is -2.15. The number of fused-ring (bicyclic) bond motifs is 1. The SMILES string of the molecule is CCOC(=O)CCCOc1cc(Nc2nc(C)nc3cccc(COC)c23)ccc1OC. The molecule has 1 heterocycles. The van der Waals surface area contributed by atoms with Gasteiger partial charge in [0, 0.05) is 30.7 Å². The summed E-state index contributed by atoms with van der Waals surface area (Å²) in [6, 6.07) is 11.5. The largest absolute Gasteiger partial charge is 0.493 e. The quantitative estimate of drug-likeness (QED) is 0.343. The molecule has 0 aliphatic carbocycles. The lowest BCUT2D eigenvalue weighted by atomic mass is 10.1. The number of nitrogens with zero attached hydrogens (tertiary/aromatic N) is 2. The molecular formula is C24H29N3O5. The highest BCUT2D eigenvalue weighted by Gasteiger charge is 2.13. The maximum Gasteiger partial charge on any atom is 0.305 e. The van der Waals surface area contributed by atoms with E-state index >= 15 is 0 Å². The normalized spacial score (nSPS) is 10.8. The fourth-order valence-electron chi connectivity index (χ4n) is 3.37. The first-order valence-corrected chi connectivity index (χ1v) is 10.5. The molecular weight excluding hydrogens is 410 g/mol. The third-order valence-corrected chi connectivity index (χ3v) is 4.74. The molecule has 0 unspecified atom stereocenters. The van der Waals surface area contributed by atoms with E-state index in [1.807, 2.05) is 43.3 Å². The fourth-order valence-corrected chi connectivity index (χ4v) is 3.37. The molecule has 1 N–H and O–H groups in total. The monoisotopic (exact) mass is 439 g/mol. The van der Waals surface area contributed by atoms with Crippen molar-refractivity contribution in [3.8, 4) is 11.5 Å². The van der Waals surface area contributed by atoms with Gasteiger partial charge < -0.3 is 24.3 Å². The molecule has 0 fully saturated rings. The van der Waals surface area contributed by atoms with Gasteiger partial charge in [-0.3, -0.25) is 4.79 Å². The van der Waals surface area contributed by atoms with Gasteiger partial charge in [0.2, 0.25) is 0 Å². The van der Waals surface area contributed by atoms with Crippen molar-refractivity contribution < 1.29 is 23.7 Å². The van der Waals surface area contributed by atoms with Crippen LogP contribution in [0.15, 0.2) is 36.4 Å². The first-order chi connectivity index (χ1) is 15.5. The second-order valence-electron chi connectivity index (χ2n) is 7.11. The first kappa shape index (κ1) is 23.3. The van der Waals surface area contributed by atoms with E-state index < -0.39 is 0 Å². The third kappa shape index (κ3) is 5.85. The maximum atomic E-state index is 11.5. The van der Waals surface area contributed by atoms with Crippen LogP contribution in [0, 0.1) is 6.92 Å². The number of nitrogens with one attached hydrogen (secondary N) is 1. The molecule has 1 aromatic heterocycles. The fraction of sp³-hybridized carbons (Fsp3) is 0.375. The number of anilines is 2. The van der Waals surface area contributed by atoms with Crippen LogP contribution in [0.2, 0.25) is 0 Å². The molecule has 8 heteroatoms. The Bertz CT molecular complexity index is 1070. The van der Waals surface area contributed by atoms with Gasteiger partial charge in [-0.25, -0.2) is 9.97 Å². The zero-order valence-corrected chi connectivity index (χ0v) is 18.9. The second kappa shape index (κ2) is 11.3. The maximum absolute atomic E-state index is 11.5. The van der Waals surface area contributed by atoms with Gasteiger partial charge in [-0.15, -0.1) is 0 Å². The van der Waals surface area contributed by atoms with Gasteiger partial charge in [-0.2, -0.15) is 0 Å². The number of methoxy groups -OCH3 is 2. The number of hydrogen-bond acceptors (Lipinski definition) is 8. The van der Waals surface area contributed by atoms with Crippen molar-refractivity contribution in [3.05, 3.63) is 47.8 Å². The average molecular weight is 440 g/mol. The number of benzene rings is 2. The zero-order valence-electron chi connectivity index (χ0n) is 18.9. The first-order valence-electron chi connectivity index (χ1n) is 10.5. The van der Waals surface area contributed by atoms with Gasteiger partial charge >= 0.3 is 5.97 Å². The average Bonchev–Trinajstić information content (AvgIpc) is 2.77. The van der Waals surface area contributed by atoms with Crippen molar-refractivity contribution in [2.75, 3.05) is 32.8 Å². The van der Waals surface area contributed by atoms with E-state index in [9.17, 15) is 4.79 Å². The van der Waals surface area contributed by atoms with Crippen LogP contribution in [0.3, 0.4) is 0 Å². The number of esters is 1. The van der Waals surface area contributed by atoms with Gasteiger partial charge in [0.15, 0.2) is 11.5 Å². The molecule has 170 valence electrons. The molecule has 8 nitrogen and oxygen atoms in total.